The lowest BCUT2D eigenvalue weighted by Gasteiger charge is -2.33. The Labute approximate surface area is 143 Å². The normalized spacial score (nSPS) is 19.7. The molecule has 0 aliphatic carbocycles. The number of carbonyl (C=O) groups is 2. The Morgan fingerprint density at radius 1 is 1.12 bits per heavy atom. The van der Waals surface area contributed by atoms with Gasteiger partial charge in [-0.05, 0) is 31.2 Å². The minimum absolute atomic E-state index is 0.00449. The summed E-state index contributed by atoms with van der Waals surface area (Å²) in [6, 6.07) is 7.56. The van der Waals surface area contributed by atoms with Crippen molar-refractivity contribution in [3.05, 3.63) is 24.3 Å². The molecule has 1 N–H and O–H groups in total. The number of hydrogen-bond donors (Lipinski definition) is 1. The van der Waals surface area contributed by atoms with E-state index in [1.807, 2.05) is 24.3 Å². The van der Waals surface area contributed by atoms with Gasteiger partial charge < -0.3 is 15.1 Å². The fourth-order valence-electron chi connectivity index (χ4n) is 3.34. The third-order valence-corrected chi connectivity index (χ3v) is 4.79. The first-order valence-electron chi connectivity index (χ1n) is 8.80. The lowest BCUT2D eigenvalue weighted by Crippen LogP contribution is -2.48. The van der Waals surface area contributed by atoms with E-state index in [4.69, 9.17) is 0 Å². The van der Waals surface area contributed by atoms with Crippen molar-refractivity contribution in [1.82, 2.24) is 9.80 Å². The van der Waals surface area contributed by atoms with Gasteiger partial charge in [0.2, 0.25) is 11.8 Å². The van der Waals surface area contributed by atoms with Crippen LogP contribution in [0.25, 0.3) is 0 Å². The van der Waals surface area contributed by atoms with Crippen LogP contribution in [0.5, 0.6) is 0 Å². The van der Waals surface area contributed by atoms with Crippen LogP contribution < -0.4 is 10.2 Å². The Morgan fingerprint density at radius 2 is 1.88 bits per heavy atom. The average Bonchev–Trinajstić information content (AvgIpc) is 3.02. The van der Waals surface area contributed by atoms with Crippen molar-refractivity contribution in [3.8, 4) is 0 Å². The van der Waals surface area contributed by atoms with Gasteiger partial charge in [0.05, 0.1) is 6.54 Å². The summed E-state index contributed by atoms with van der Waals surface area (Å²) in [6.07, 6.45) is 1.51. The second-order valence-corrected chi connectivity index (χ2v) is 6.46. The number of amides is 2. The maximum Gasteiger partial charge on any atom is 0.238 e. The zero-order chi connectivity index (χ0) is 16.9. The van der Waals surface area contributed by atoms with Gasteiger partial charge in [0.25, 0.3) is 0 Å². The van der Waals surface area contributed by atoms with Crippen molar-refractivity contribution < 1.29 is 9.59 Å². The number of likely N-dealkylation sites (N-methyl/N-ethyl adjacent to an activating group) is 1. The van der Waals surface area contributed by atoms with Crippen LogP contribution in [-0.4, -0.2) is 67.4 Å². The highest BCUT2D eigenvalue weighted by molar-refractivity contribution is 5.97. The Hall–Kier alpha value is -1.92. The van der Waals surface area contributed by atoms with Crippen LogP contribution in [-0.2, 0) is 9.59 Å². The third kappa shape index (κ3) is 4.13. The highest BCUT2D eigenvalue weighted by atomic mass is 16.2. The van der Waals surface area contributed by atoms with Gasteiger partial charge in [-0.25, -0.2) is 0 Å². The number of anilines is 2. The molecule has 130 valence electrons. The Kier molecular flexibility index (Phi) is 5.48. The SMILES string of the molecule is CCN1CCN(CC(=O)Nc2cccc(N3CCCC3=O)c2)CC1. The van der Waals surface area contributed by atoms with Gasteiger partial charge in [0, 0.05) is 50.5 Å². The smallest absolute Gasteiger partial charge is 0.238 e. The fraction of sp³-hybridized carbons (Fsp3) is 0.556. The van der Waals surface area contributed by atoms with E-state index in [2.05, 4.69) is 22.0 Å². The molecule has 24 heavy (non-hydrogen) atoms. The zero-order valence-electron chi connectivity index (χ0n) is 14.3. The molecule has 2 saturated heterocycles. The molecule has 2 heterocycles. The molecule has 2 fully saturated rings. The van der Waals surface area contributed by atoms with Crippen LogP contribution in [0.2, 0.25) is 0 Å². The van der Waals surface area contributed by atoms with Crippen LogP contribution in [0, 0.1) is 0 Å². The summed E-state index contributed by atoms with van der Waals surface area (Å²) in [5.74, 6) is 0.164. The first-order chi connectivity index (χ1) is 11.7. The van der Waals surface area contributed by atoms with E-state index in [9.17, 15) is 9.59 Å². The summed E-state index contributed by atoms with van der Waals surface area (Å²) in [5.41, 5.74) is 1.62. The second kappa shape index (κ2) is 7.77. The summed E-state index contributed by atoms with van der Waals surface area (Å²) in [4.78, 5) is 30.5. The number of nitrogens with one attached hydrogen (secondary N) is 1. The van der Waals surface area contributed by atoms with Crippen molar-refractivity contribution in [2.24, 2.45) is 0 Å². The minimum atomic E-state index is 0.00449. The van der Waals surface area contributed by atoms with E-state index < -0.39 is 0 Å². The van der Waals surface area contributed by atoms with E-state index >= 15 is 0 Å². The molecular formula is C18H26N4O2. The first kappa shape index (κ1) is 16.9. The molecule has 0 saturated carbocycles. The molecule has 0 unspecified atom stereocenters. The summed E-state index contributed by atoms with van der Waals surface area (Å²) < 4.78 is 0. The Morgan fingerprint density at radius 3 is 2.54 bits per heavy atom. The largest absolute Gasteiger partial charge is 0.325 e. The standard InChI is InChI=1S/C18H26N4O2/c1-2-20-9-11-21(12-10-20)14-17(23)19-15-5-3-6-16(13-15)22-8-4-7-18(22)24/h3,5-6,13H,2,4,7-12,14H2,1H3,(H,19,23). The molecule has 2 aliphatic heterocycles. The van der Waals surface area contributed by atoms with E-state index in [1.54, 1.807) is 4.90 Å². The van der Waals surface area contributed by atoms with Crippen molar-refractivity contribution in [1.29, 1.82) is 0 Å². The zero-order valence-corrected chi connectivity index (χ0v) is 14.3. The molecular weight excluding hydrogens is 304 g/mol. The number of piperazine rings is 1. The molecule has 3 rings (SSSR count). The van der Waals surface area contributed by atoms with Crippen LogP contribution in [0.3, 0.4) is 0 Å². The van der Waals surface area contributed by atoms with E-state index in [0.29, 0.717) is 13.0 Å². The van der Waals surface area contributed by atoms with Gasteiger partial charge in [0.15, 0.2) is 0 Å². The monoisotopic (exact) mass is 330 g/mol. The van der Waals surface area contributed by atoms with E-state index in [0.717, 1.165) is 57.1 Å². The quantitative estimate of drug-likeness (QED) is 0.886. The van der Waals surface area contributed by atoms with Crippen molar-refractivity contribution in [2.75, 3.05) is 56.0 Å². The van der Waals surface area contributed by atoms with Gasteiger partial charge in [-0.15, -0.1) is 0 Å². The maximum absolute atomic E-state index is 12.3. The van der Waals surface area contributed by atoms with Gasteiger partial charge in [-0.3, -0.25) is 14.5 Å². The average molecular weight is 330 g/mol. The molecule has 6 heteroatoms. The summed E-state index contributed by atoms with van der Waals surface area (Å²) in [7, 11) is 0. The summed E-state index contributed by atoms with van der Waals surface area (Å²) in [5, 5.41) is 2.96. The fourth-order valence-corrected chi connectivity index (χ4v) is 3.34. The van der Waals surface area contributed by atoms with Crippen LogP contribution in [0.1, 0.15) is 19.8 Å². The minimum Gasteiger partial charge on any atom is -0.325 e. The molecule has 2 amide bonds. The predicted molar refractivity (Wildman–Crippen MR) is 95.2 cm³/mol. The van der Waals surface area contributed by atoms with E-state index in [-0.39, 0.29) is 11.8 Å². The maximum atomic E-state index is 12.3. The van der Waals surface area contributed by atoms with Crippen LogP contribution in [0.4, 0.5) is 11.4 Å². The third-order valence-electron chi connectivity index (χ3n) is 4.79. The van der Waals surface area contributed by atoms with Gasteiger partial charge >= 0.3 is 0 Å². The molecule has 0 bridgehead atoms. The molecule has 0 spiro atoms. The Bertz CT molecular complexity index is 596. The highest BCUT2D eigenvalue weighted by Gasteiger charge is 2.22. The highest BCUT2D eigenvalue weighted by Crippen LogP contribution is 2.24. The number of rotatable bonds is 5. The molecule has 6 nitrogen and oxygen atoms in total. The van der Waals surface area contributed by atoms with Crippen molar-refractivity contribution in [3.63, 3.8) is 0 Å². The molecule has 0 aromatic heterocycles. The number of benzene rings is 1. The molecule has 0 atom stereocenters. The summed E-state index contributed by atoms with van der Waals surface area (Å²) >= 11 is 0. The molecule has 2 aliphatic rings. The van der Waals surface area contributed by atoms with Gasteiger partial charge in [0.1, 0.15) is 0 Å². The summed E-state index contributed by atoms with van der Waals surface area (Å²) in [6.45, 7) is 8.34. The van der Waals surface area contributed by atoms with Crippen LogP contribution in [0.15, 0.2) is 24.3 Å². The lowest BCUT2D eigenvalue weighted by atomic mass is 10.2. The Balaban J connectivity index is 1.54. The predicted octanol–water partition coefficient (Wildman–Crippen LogP) is 1.39. The van der Waals surface area contributed by atoms with E-state index in [1.165, 1.54) is 0 Å². The molecule has 1 aromatic carbocycles. The number of hydrogen-bond acceptors (Lipinski definition) is 4. The number of nitrogens with zero attached hydrogens (tertiary/aromatic N) is 3. The van der Waals surface area contributed by atoms with Crippen molar-refractivity contribution >= 4 is 23.2 Å². The molecule has 1 aromatic rings. The number of carbonyl (C=O) groups excluding carboxylic acids is 2. The topological polar surface area (TPSA) is 55.9 Å². The van der Waals surface area contributed by atoms with Gasteiger partial charge in [-0.1, -0.05) is 13.0 Å². The lowest BCUT2D eigenvalue weighted by molar-refractivity contribution is -0.118. The molecule has 0 radical (unpaired) electrons. The first-order valence-corrected chi connectivity index (χ1v) is 8.80. The second-order valence-electron chi connectivity index (χ2n) is 6.46. The van der Waals surface area contributed by atoms with Gasteiger partial charge in [-0.2, -0.15) is 0 Å². The van der Waals surface area contributed by atoms with Crippen molar-refractivity contribution in [2.45, 2.75) is 19.8 Å². The van der Waals surface area contributed by atoms with Crippen LogP contribution >= 0.6 is 0 Å².